The van der Waals surface area contributed by atoms with Crippen LogP contribution in [0.5, 0.6) is 11.5 Å². The molecular formula is C20H22O4. The van der Waals surface area contributed by atoms with Crippen molar-refractivity contribution in [1.82, 2.24) is 0 Å². The summed E-state index contributed by atoms with van der Waals surface area (Å²) in [7, 11) is 1.32. The fourth-order valence-corrected chi connectivity index (χ4v) is 4.82. The third-order valence-corrected chi connectivity index (χ3v) is 5.87. The maximum absolute atomic E-state index is 11.9. The fraction of sp³-hybridized carbons (Fsp3) is 0.450. The Bertz CT molecular complexity index is 855. The lowest BCUT2D eigenvalue weighted by Crippen LogP contribution is -2.18. The molecule has 0 spiro atoms. The number of benzene rings is 2. The number of phenolic OH excluding ortho intramolecular Hbond substituents is 1. The van der Waals surface area contributed by atoms with E-state index >= 15 is 0 Å². The fourth-order valence-electron chi connectivity index (χ4n) is 4.82. The standard InChI is InChI=1S/C20H22O4/c1-4-11-6-5-7-13-14(11)18(24-19(22)23-3)15-12-8-9-20(2,10-12)16(15)17(13)21/h5-7,12,21H,4,8-10H2,1-3H3. The van der Waals surface area contributed by atoms with Crippen molar-refractivity contribution in [2.75, 3.05) is 7.11 Å². The highest BCUT2D eigenvalue weighted by atomic mass is 16.7. The summed E-state index contributed by atoms with van der Waals surface area (Å²) < 4.78 is 10.4. The topological polar surface area (TPSA) is 55.8 Å². The average Bonchev–Trinajstić information content (AvgIpc) is 3.11. The molecule has 0 aliphatic heterocycles. The molecule has 0 heterocycles. The Morgan fingerprint density at radius 2 is 2.21 bits per heavy atom. The van der Waals surface area contributed by atoms with Crippen LogP contribution in [0, 0.1) is 0 Å². The summed E-state index contributed by atoms with van der Waals surface area (Å²) in [6.45, 7) is 4.27. The quantitative estimate of drug-likeness (QED) is 0.636. The first kappa shape index (κ1) is 15.3. The van der Waals surface area contributed by atoms with Gasteiger partial charge < -0.3 is 14.6 Å². The molecule has 1 N–H and O–H groups in total. The third-order valence-electron chi connectivity index (χ3n) is 5.87. The molecule has 4 nitrogen and oxygen atoms in total. The van der Waals surface area contributed by atoms with Gasteiger partial charge in [0.25, 0.3) is 0 Å². The van der Waals surface area contributed by atoms with Gasteiger partial charge in [-0.1, -0.05) is 32.0 Å². The van der Waals surface area contributed by atoms with Gasteiger partial charge in [0.2, 0.25) is 0 Å². The van der Waals surface area contributed by atoms with Gasteiger partial charge in [-0.15, -0.1) is 0 Å². The summed E-state index contributed by atoms with van der Waals surface area (Å²) in [5.41, 5.74) is 3.02. The number of methoxy groups -OCH3 is 1. The molecule has 24 heavy (non-hydrogen) atoms. The third kappa shape index (κ3) is 1.89. The van der Waals surface area contributed by atoms with Crippen molar-refractivity contribution in [3.05, 3.63) is 34.9 Å². The van der Waals surface area contributed by atoms with Gasteiger partial charge in [-0.2, -0.15) is 0 Å². The molecule has 0 radical (unpaired) electrons. The highest BCUT2D eigenvalue weighted by Gasteiger charge is 2.50. The van der Waals surface area contributed by atoms with Gasteiger partial charge in [0.1, 0.15) is 11.5 Å². The molecule has 2 unspecified atom stereocenters. The first-order chi connectivity index (χ1) is 11.5. The van der Waals surface area contributed by atoms with Crippen LogP contribution in [0.3, 0.4) is 0 Å². The van der Waals surface area contributed by atoms with E-state index in [9.17, 15) is 9.90 Å². The van der Waals surface area contributed by atoms with Crippen LogP contribution in [0.1, 0.15) is 55.7 Å². The Balaban J connectivity index is 2.11. The van der Waals surface area contributed by atoms with Crippen LogP contribution >= 0.6 is 0 Å². The summed E-state index contributed by atoms with van der Waals surface area (Å²) in [6, 6.07) is 5.88. The van der Waals surface area contributed by atoms with E-state index in [-0.39, 0.29) is 5.41 Å². The zero-order valence-electron chi connectivity index (χ0n) is 14.3. The Morgan fingerprint density at radius 1 is 1.42 bits per heavy atom. The molecule has 2 aromatic rings. The number of ether oxygens (including phenoxy) is 2. The number of hydrogen-bond acceptors (Lipinski definition) is 4. The summed E-state index contributed by atoms with van der Waals surface area (Å²) in [5, 5.41) is 12.6. The number of aryl methyl sites for hydroxylation is 1. The SMILES string of the molecule is CCc1cccc2c(O)c3c(c(OC(=O)OC)c12)C1CCC3(C)C1. The lowest BCUT2D eigenvalue weighted by atomic mass is 9.78. The number of phenols is 1. The van der Waals surface area contributed by atoms with Crippen molar-refractivity contribution in [3.63, 3.8) is 0 Å². The zero-order chi connectivity index (χ0) is 17.1. The first-order valence-corrected chi connectivity index (χ1v) is 8.57. The number of rotatable bonds is 2. The van der Waals surface area contributed by atoms with E-state index in [1.165, 1.54) is 7.11 Å². The summed E-state index contributed by atoms with van der Waals surface area (Å²) >= 11 is 0. The highest BCUT2D eigenvalue weighted by molar-refractivity contribution is 6.00. The second kappa shape index (κ2) is 5.13. The Morgan fingerprint density at radius 3 is 2.92 bits per heavy atom. The van der Waals surface area contributed by atoms with E-state index < -0.39 is 6.16 Å². The predicted molar refractivity (Wildman–Crippen MR) is 92.0 cm³/mol. The number of aromatic hydroxyl groups is 1. The van der Waals surface area contributed by atoms with Gasteiger partial charge in [0.05, 0.1) is 7.11 Å². The molecule has 2 bridgehead atoms. The van der Waals surface area contributed by atoms with Crippen LogP contribution in [0.2, 0.25) is 0 Å². The highest BCUT2D eigenvalue weighted by Crippen LogP contribution is 2.63. The Kier molecular flexibility index (Phi) is 3.27. The van der Waals surface area contributed by atoms with Gasteiger partial charge in [0, 0.05) is 21.9 Å². The van der Waals surface area contributed by atoms with E-state index in [0.717, 1.165) is 53.1 Å². The largest absolute Gasteiger partial charge is 0.513 e. The molecule has 126 valence electrons. The van der Waals surface area contributed by atoms with Crippen molar-refractivity contribution in [3.8, 4) is 11.5 Å². The molecule has 0 amide bonds. The first-order valence-electron chi connectivity index (χ1n) is 8.57. The smallest absolute Gasteiger partial charge is 0.507 e. The van der Waals surface area contributed by atoms with Gasteiger partial charge in [-0.3, -0.25) is 0 Å². The molecule has 4 heteroatoms. The molecule has 1 fully saturated rings. The van der Waals surface area contributed by atoms with Crippen LogP contribution in [0.4, 0.5) is 4.79 Å². The lowest BCUT2D eigenvalue weighted by Gasteiger charge is -2.28. The monoisotopic (exact) mass is 326 g/mol. The van der Waals surface area contributed by atoms with Crippen LogP contribution in [0.25, 0.3) is 10.8 Å². The number of hydrogen-bond donors (Lipinski definition) is 1. The maximum Gasteiger partial charge on any atom is 0.513 e. The molecule has 2 aliphatic rings. The van der Waals surface area contributed by atoms with Crippen molar-refractivity contribution >= 4 is 16.9 Å². The molecule has 0 aromatic heterocycles. The van der Waals surface area contributed by atoms with Crippen molar-refractivity contribution in [2.24, 2.45) is 0 Å². The minimum absolute atomic E-state index is 0.0330. The zero-order valence-corrected chi connectivity index (χ0v) is 14.3. The van der Waals surface area contributed by atoms with Crippen molar-refractivity contribution < 1.29 is 19.4 Å². The lowest BCUT2D eigenvalue weighted by molar-refractivity contribution is 0.121. The summed E-state index contributed by atoms with van der Waals surface area (Å²) in [6.07, 6.45) is 3.23. The second-order valence-corrected chi connectivity index (χ2v) is 7.22. The number of carbonyl (C=O) groups excluding carboxylic acids is 1. The number of fused-ring (bicyclic) bond motifs is 6. The van der Waals surface area contributed by atoms with Gasteiger partial charge in [-0.25, -0.2) is 4.79 Å². The van der Waals surface area contributed by atoms with Gasteiger partial charge in [0.15, 0.2) is 0 Å². The molecular weight excluding hydrogens is 304 g/mol. The van der Waals surface area contributed by atoms with Gasteiger partial charge >= 0.3 is 6.16 Å². The van der Waals surface area contributed by atoms with Crippen LogP contribution in [-0.2, 0) is 16.6 Å². The normalized spacial score (nSPS) is 24.2. The molecule has 1 saturated carbocycles. The summed E-state index contributed by atoms with van der Waals surface area (Å²) in [4.78, 5) is 11.9. The van der Waals surface area contributed by atoms with Crippen LogP contribution in [-0.4, -0.2) is 18.4 Å². The van der Waals surface area contributed by atoms with E-state index in [1.54, 1.807) is 0 Å². The van der Waals surface area contributed by atoms with E-state index in [1.807, 2.05) is 18.2 Å². The van der Waals surface area contributed by atoms with E-state index in [2.05, 4.69) is 13.8 Å². The molecule has 2 aromatic carbocycles. The Hall–Kier alpha value is -2.23. The Labute approximate surface area is 141 Å². The van der Waals surface area contributed by atoms with E-state index in [4.69, 9.17) is 9.47 Å². The van der Waals surface area contributed by atoms with Crippen LogP contribution in [0.15, 0.2) is 18.2 Å². The molecule has 2 atom stereocenters. The van der Waals surface area contributed by atoms with Crippen molar-refractivity contribution in [1.29, 1.82) is 0 Å². The average molecular weight is 326 g/mol. The molecule has 0 saturated heterocycles. The minimum Gasteiger partial charge on any atom is -0.507 e. The second-order valence-electron chi connectivity index (χ2n) is 7.22. The summed E-state index contributed by atoms with van der Waals surface area (Å²) in [5.74, 6) is 1.29. The minimum atomic E-state index is -0.706. The van der Waals surface area contributed by atoms with Crippen LogP contribution < -0.4 is 4.74 Å². The van der Waals surface area contributed by atoms with Crippen molar-refractivity contribution in [2.45, 2.75) is 50.9 Å². The molecule has 2 aliphatic carbocycles. The predicted octanol–water partition coefficient (Wildman–Crippen LogP) is 4.79. The maximum atomic E-state index is 11.9. The molecule has 4 rings (SSSR count). The number of carbonyl (C=O) groups is 1. The van der Waals surface area contributed by atoms with Gasteiger partial charge in [-0.05, 0) is 42.6 Å². The van der Waals surface area contributed by atoms with E-state index in [0.29, 0.717) is 17.4 Å².